The third-order valence-electron chi connectivity index (χ3n) is 5.09. The lowest BCUT2D eigenvalue weighted by atomic mass is 9.94. The van der Waals surface area contributed by atoms with Gasteiger partial charge in [0.1, 0.15) is 11.7 Å². The summed E-state index contributed by atoms with van der Waals surface area (Å²) >= 11 is 0. The molecule has 0 bridgehead atoms. The molecule has 3 atom stereocenters. The zero-order valence-corrected chi connectivity index (χ0v) is 15.2. The first kappa shape index (κ1) is 19.6. The second-order valence-corrected chi connectivity index (χ2v) is 6.95. The number of nitrogens with zero attached hydrogens (tertiary/aromatic N) is 2. The molecule has 3 rings (SSSR count). The van der Waals surface area contributed by atoms with Crippen LogP contribution in [0, 0.1) is 34.9 Å². The SMILES string of the molecule is Cc1c(CC(=O)NCC2C(F)CC(C#N)C[N+]2=O)c(=O)[nH]c2cccc(F)c12. The second-order valence-electron chi connectivity index (χ2n) is 6.95. The summed E-state index contributed by atoms with van der Waals surface area (Å²) in [6, 6.07) is 5.10. The van der Waals surface area contributed by atoms with E-state index in [4.69, 9.17) is 5.26 Å². The predicted molar refractivity (Wildman–Crippen MR) is 96.9 cm³/mol. The summed E-state index contributed by atoms with van der Waals surface area (Å²) in [5.74, 6) is -1.76. The minimum absolute atomic E-state index is 0.0570. The maximum Gasteiger partial charge on any atom is 0.252 e. The van der Waals surface area contributed by atoms with E-state index in [0.717, 1.165) is 0 Å². The number of amides is 1. The molecule has 0 spiro atoms. The number of H-pyrrole nitrogens is 1. The van der Waals surface area contributed by atoms with Gasteiger partial charge >= 0.3 is 0 Å². The van der Waals surface area contributed by atoms with Crippen molar-refractivity contribution in [1.29, 1.82) is 5.26 Å². The fourth-order valence-electron chi connectivity index (χ4n) is 3.54. The van der Waals surface area contributed by atoms with Crippen LogP contribution in [-0.2, 0) is 11.2 Å². The smallest absolute Gasteiger partial charge is 0.252 e. The molecule has 2 heterocycles. The van der Waals surface area contributed by atoms with Gasteiger partial charge in [-0.3, -0.25) is 9.59 Å². The Morgan fingerprint density at radius 1 is 1.46 bits per heavy atom. The summed E-state index contributed by atoms with van der Waals surface area (Å²) < 4.78 is 28.7. The highest BCUT2D eigenvalue weighted by Crippen LogP contribution is 2.22. The van der Waals surface area contributed by atoms with Crippen LogP contribution in [0.2, 0.25) is 0 Å². The molecule has 1 aromatic carbocycles. The monoisotopic (exact) mass is 389 g/mol. The van der Waals surface area contributed by atoms with E-state index in [2.05, 4.69) is 10.3 Å². The number of hydrogen-bond donors (Lipinski definition) is 2. The molecule has 2 N–H and O–H groups in total. The number of rotatable bonds is 4. The van der Waals surface area contributed by atoms with Crippen molar-refractivity contribution in [2.75, 3.05) is 13.1 Å². The molecule has 2 aromatic rings. The molecule has 1 saturated heterocycles. The third-order valence-corrected chi connectivity index (χ3v) is 5.09. The van der Waals surface area contributed by atoms with Crippen LogP contribution in [0.25, 0.3) is 10.9 Å². The molecule has 9 heteroatoms. The molecular formula is C19H19F2N4O3+. The van der Waals surface area contributed by atoms with Crippen LogP contribution in [0.4, 0.5) is 8.78 Å². The van der Waals surface area contributed by atoms with Crippen molar-refractivity contribution in [3.8, 4) is 6.07 Å². The van der Waals surface area contributed by atoms with Crippen LogP contribution >= 0.6 is 0 Å². The standard InChI is InChI=1S/C19H18F2N4O3/c1-10-12(19(27)24-15-4-2-3-13(20)18(10)15)6-17(26)23-8-16-14(21)5-11(7-22)9-25(16)28/h2-4,11,14,16H,5-6,8-9H2,1H3,(H-,23,24,26,27)/p+1. The molecule has 7 nitrogen and oxygen atoms in total. The van der Waals surface area contributed by atoms with Crippen LogP contribution in [-0.4, -0.2) is 41.0 Å². The Labute approximate surface area is 158 Å². The minimum Gasteiger partial charge on any atom is -0.349 e. The van der Waals surface area contributed by atoms with E-state index in [0.29, 0.717) is 15.8 Å². The van der Waals surface area contributed by atoms with Crippen LogP contribution in [0.5, 0.6) is 0 Å². The minimum atomic E-state index is -1.53. The van der Waals surface area contributed by atoms with Gasteiger partial charge in [0, 0.05) is 27.0 Å². The molecule has 1 fully saturated rings. The first-order valence-corrected chi connectivity index (χ1v) is 8.86. The average Bonchev–Trinajstić information content (AvgIpc) is 2.64. The summed E-state index contributed by atoms with van der Waals surface area (Å²) in [4.78, 5) is 39.0. The molecule has 0 radical (unpaired) electrons. The van der Waals surface area contributed by atoms with E-state index in [1.165, 1.54) is 12.1 Å². The van der Waals surface area contributed by atoms with Gasteiger partial charge in [0.25, 0.3) is 5.56 Å². The van der Waals surface area contributed by atoms with E-state index in [1.54, 1.807) is 13.0 Å². The van der Waals surface area contributed by atoms with Crippen molar-refractivity contribution in [1.82, 2.24) is 10.3 Å². The fourth-order valence-corrected chi connectivity index (χ4v) is 3.54. The quantitative estimate of drug-likeness (QED) is 0.776. The molecule has 0 saturated carbocycles. The van der Waals surface area contributed by atoms with Gasteiger partial charge in [-0.2, -0.15) is 5.26 Å². The number of aryl methyl sites for hydroxylation is 1. The van der Waals surface area contributed by atoms with Gasteiger partial charge in [-0.15, -0.1) is 0 Å². The number of fused-ring (bicyclic) bond motifs is 1. The highest BCUT2D eigenvalue weighted by Gasteiger charge is 2.43. The Morgan fingerprint density at radius 3 is 2.89 bits per heavy atom. The number of carbonyl (C=O) groups is 1. The summed E-state index contributed by atoms with van der Waals surface area (Å²) in [5, 5.41) is 11.5. The Bertz CT molecular complexity index is 1040. The number of aromatic amines is 1. The highest BCUT2D eigenvalue weighted by molar-refractivity contribution is 5.86. The maximum absolute atomic E-state index is 14.1. The molecule has 3 unspecified atom stereocenters. The normalized spacial score (nSPS) is 22.1. The predicted octanol–water partition coefficient (Wildman–Crippen LogP) is 1.66. The highest BCUT2D eigenvalue weighted by atomic mass is 19.1. The molecule has 1 amide bonds. The number of pyridine rings is 1. The first-order chi connectivity index (χ1) is 13.3. The van der Waals surface area contributed by atoms with Crippen molar-refractivity contribution in [3.63, 3.8) is 0 Å². The van der Waals surface area contributed by atoms with Gasteiger partial charge in [0.2, 0.25) is 18.5 Å². The first-order valence-electron chi connectivity index (χ1n) is 8.86. The lowest BCUT2D eigenvalue weighted by Gasteiger charge is -2.21. The lowest BCUT2D eigenvalue weighted by molar-refractivity contribution is -0.605. The Hall–Kier alpha value is -3.15. The topological polar surface area (TPSA) is 106 Å². The van der Waals surface area contributed by atoms with E-state index < -0.39 is 35.4 Å². The largest absolute Gasteiger partial charge is 0.349 e. The Morgan fingerprint density at radius 2 is 2.21 bits per heavy atom. The van der Waals surface area contributed by atoms with Crippen molar-refractivity contribution in [3.05, 3.63) is 50.4 Å². The molecule has 0 aliphatic carbocycles. The molecule has 1 aliphatic rings. The summed E-state index contributed by atoms with van der Waals surface area (Å²) in [7, 11) is 0. The maximum atomic E-state index is 14.1. The van der Waals surface area contributed by atoms with Crippen molar-refractivity contribution < 1.29 is 18.3 Å². The van der Waals surface area contributed by atoms with Gasteiger partial charge in [-0.05, 0) is 24.6 Å². The number of benzene rings is 1. The number of aromatic nitrogens is 1. The number of piperidine rings is 1. The second kappa shape index (κ2) is 7.84. The van der Waals surface area contributed by atoms with E-state index in [-0.39, 0.29) is 36.9 Å². The number of carbonyl (C=O) groups excluding carboxylic acids is 1. The van der Waals surface area contributed by atoms with Gasteiger partial charge < -0.3 is 10.3 Å². The number of hydrogen-bond acceptors (Lipinski definition) is 4. The van der Waals surface area contributed by atoms with Crippen LogP contribution in [0.1, 0.15) is 17.5 Å². The summed E-state index contributed by atoms with van der Waals surface area (Å²) in [5.41, 5.74) is 0.298. The van der Waals surface area contributed by atoms with E-state index in [9.17, 15) is 23.3 Å². The number of nitroso groups, excluding NO2 is 1. The van der Waals surface area contributed by atoms with Crippen LogP contribution in [0.3, 0.4) is 0 Å². The number of alkyl halides is 1. The molecule has 28 heavy (non-hydrogen) atoms. The zero-order valence-electron chi connectivity index (χ0n) is 15.2. The number of nitriles is 1. The van der Waals surface area contributed by atoms with Crippen molar-refractivity contribution in [2.45, 2.75) is 32.0 Å². The van der Waals surface area contributed by atoms with E-state index >= 15 is 0 Å². The molecule has 1 aromatic heterocycles. The van der Waals surface area contributed by atoms with E-state index in [1.807, 2.05) is 6.07 Å². The van der Waals surface area contributed by atoms with Crippen molar-refractivity contribution >= 4 is 16.8 Å². The van der Waals surface area contributed by atoms with Gasteiger partial charge in [-0.25, -0.2) is 8.78 Å². The Balaban J connectivity index is 1.72. The Kier molecular flexibility index (Phi) is 5.49. The molecular weight excluding hydrogens is 370 g/mol. The average molecular weight is 389 g/mol. The van der Waals surface area contributed by atoms with Crippen molar-refractivity contribution in [2.24, 2.45) is 5.92 Å². The summed E-state index contributed by atoms with van der Waals surface area (Å²) in [6.07, 6.45) is -1.91. The van der Waals surface area contributed by atoms with Crippen LogP contribution < -0.4 is 10.9 Å². The number of nitrogens with one attached hydrogen (secondary N) is 2. The molecule has 1 aliphatic heterocycles. The van der Waals surface area contributed by atoms with Gasteiger partial charge in [-0.1, -0.05) is 6.07 Å². The van der Waals surface area contributed by atoms with Gasteiger partial charge in [0.05, 0.1) is 24.6 Å². The fraction of sp³-hybridized carbons (Fsp3) is 0.421. The van der Waals surface area contributed by atoms with Gasteiger partial charge in [0.15, 0.2) is 6.17 Å². The molecule has 146 valence electrons. The zero-order chi connectivity index (χ0) is 20.4. The summed E-state index contributed by atoms with van der Waals surface area (Å²) in [6.45, 7) is 1.21. The lowest BCUT2D eigenvalue weighted by Crippen LogP contribution is -2.49. The third kappa shape index (κ3) is 3.76. The number of halogens is 2. The van der Waals surface area contributed by atoms with Crippen LogP contribution in [0.15, 0.2) is 23.0 Å².